The van der Waals surface area contributed by atoms with Crippen LogP contribution in [0.25, 0.3) is 0 Å². The molecule has 2 aliphatic rings. The van der Waals surface area contributed by atoms with E-state index < -0.39 is 45.9 Å². The number of rotatable bonds is 2. The van der Waals surface area contributed by atoms with E-state index in [2.05, 4.69) is 14.1 Å². The molecule has 2 aliphatic heterocycles. The summed E-state index contributed by atoms with van der Waals surface area (Å²) in [5, 5.41) is 10.6. The lowest BCUT2D eigenvalue weighted by atomic mass is 9.87. The molecule has 4 N–H and O–H groups in total. The molecule has 0 saturated carbocycles. The maximum absolute atomic E-state index is 12.5. The van der Waals surface area contributed by atoms with Gasteiger partial charge in [-0.1, -0.05) is 0 Å². The number of nitrogens with zero attached hydrogens (tertiary/aromatic N) is 2. The summed E-state index contributed by atoms with van der Waals surface area (Å²) in [6.45, 7) is 3.09. The van der Waals surface area contributed by atoms with E-state index in [-0.39, 0.29) is 17.1 Å². The van der Waals surface area contributed by atoms with Gasteiger partial charge in [0.25, 0.3) is 0 Å². The molecular weight excluding hydrogens is 393 g/mol. The van der Waals surface area contributed by atoms with Crippen LogP contribution < -0.4 is 19.9 Å². The van der Waals surface area contributed by atoms with E-state index in [4.69, 9.17) is 10.5 Å². The highest BCUT2D eigenvalue weighted by molar-refractivity contribution is 7.89. The van der Waals surface area contributed by atoms with Crippen molar-refractivity contribution in [3.05, 3.63) is 23.8 Å². The molecule has 1 aromatic rings. The lowest BCUT2D eigenvalue weighted by molar-refractivity contribution is -0.274. The molecule has 3 rings (SSSR count). The normalized spacial score (nSPS) is 27.3. The molecule has 2 heterocycles. The number of fused-ring (bicyclic) bond motifs is 1. The summed E-state index contributed by atoms with van der Waals surface area (Å²) in [4.78, 5) is 4.07. The van der Waals surface area contributed by atoms with E-state index >= 15 is 0 Å². The van der Waals surface area contributed by atoms with Crippen LogP contribution in [0.4, 0.5) is 13.2 Å². The molecule has 0 bridgehead atoms. The standard InChI is InChI=1S/C14H15F3N4O5S/c1-13(2)10(22)9(19-12-11(18)20-27(23,24)21-12)7-5-6(25-14(15,16)17)3-4-8(7)26-13/h3-5,9-10,22H,1-2H3,(H2,18,20)(H,19,21)/t9-,10+/m1/s1. The minimum atomic E-state index is -4.92. The lowest BCUT2D eigenvalue weighted by Gasteiger charge is -2.40. The highest BCUT2D eigenvalue weighted by atomic mass is 32.2. The van der Waals surface area contributed by atoms with Gasteiger partial charge in [-0.2, -0.15) is 8.42 Å². The Morgan fingerprint density at radius 2 is 2.07 bits per heavy atom. The van der Waals surface area contributed by atoms with Crippen molar-refractivity contribution < 1.29 is 36.2 Å². The van der Waals surface area contributed by atoms with Gasteiger partial charge in [-0.05, 0) is 32.0 Å². The van der Waals surface area contributed by atoms with Gasteiger partial charge >= 0.3 is 16.6 Å². The molecule has 9 nitrogen and oxygen atoms in total. The van der Waals surface area contributed by atoms with Gasteiger partial charge in [0.1, 0.15) is 29.2 Å². The van der Waals surface area contributed by atoms with Gasteiger partial charge in [-0.25, -0.2) is 4.72 Å². The number of amidine groups is 2. The van der Waals surface area contributed by atoms with Gasteiger partial charge in [0.2, 0.25) is 0 Å². The number of aliphatic hydroxyl groups is 1. The topological polar surface area (TPSA) is 136 Å². The summed E-state index contributed by atoms with van der Waals surface area (Å²) in [5.41, 5.74) is 4.40. The number of ether oxygens (including phenoxy) is 2. The van der Waals surface area contributed by atoms with Gasteiger partial charge < -0.3 is 20.3 Å². The first-order valence-corrected chi connectivity index (χ1v) is 8.94. The molecular formula is C14H15F3N4O5S. The SMILES string of the molecule is CC1(C)Oc2ccc(OC(F)(F)F)cc2[C@@H](N=C2NS(=O)(=O)N=C2N)[C@@H]1O. The van der Waals surface area contributed by atoms with Crippen molar-refractivity contribution in [2.45, 2.75) is 38.0 Å². The van der Waals surface area contributed by atoms with Crippen molar-refractivity contribution in [1.29, 1.82) is 0 Å². The molecule has 0 fully saturated rings. The maximum atomic E-state index is 12.5. The summed E-state index contributed by atoms with van der Waals surface area (Å²) in [7, 11) is -4.06. The number of hydrogen-bond donors (Lipinski definition) is 3. The summed E-state index contributed by atoms with van der Waals surface area (Å²) >= 11 is 0. The molecule has 27 heavy (non-hydrogen) atoms. The summed E-state index contributed by atoms with van der Waals surface area (Å²) in [6.07, 6.45) is -6.25. The molecule has 0 radical (unpaired) electrons. The van der Waals surface area contributed by atoms with Crippen LogP contribution in [-0.4, -0.2) is 43.3 Å². The van der Waals surface area contributed by atoms with Crippen molar-refractivity contribution in [2.75, 3.05) is 0 Å². The van der Waals surface area contributed by atoms with E-state index in [1.54, 1.807) is 13.8 Å². The Morgan fingerprint density at radius 1 is 1.41 bits per heavy atom. The second kappa shape index (κ2) is 5.99. The number of nitrogens with one attached hydrogen (secondary N) is 1. The van der Waals surface area contributed by atoms with E-state index in [1.165, 1.54) is 6.07 Å². The fraction of sp³-hybridized carbons (Fsp3) is 0.429. The van der Waals surface area contributed by atoms with Gasteiger partial charge in [0.15, 0.2) is 11.7 Å². The minimum absolute atomic E-state index is 0.0648. The van der Waals surface area contributed by atoms with E-state index in [0.29, 0.717) is 0 Å². The second-order valence-electron chi connectivity index (χ2n) is 6.37. The zero-order chi connectivity index (χ0) is 20.2. The Balaban J connectivity index is 2.08. The van der Waals surface area contributed by atoms with Crippen molar-refractivity contribution in [1.82, 2.24) is 4.72 Å². The first-order valence-electron chi connectivity index (χ1n) is 7.50. The van der Waals surface area contributed by atoms with Crippen molar-refractivity contribution in [3.8, 4) is 11.5 Å². The average Bonchev–Trinajstić information content (AvgIpc) is 2.75. The number of aliphatic imine (C=N–C) groups is 1. The minimum Gasteiger partial charge on any atom is -0.485 e. The predicted octanol–water partition coefficient (Wildman–Crippen LogP) is 0.762. The predicted molar refractivity (Wildman–Crippen MR) is 87.7 cm³/mol. The smallest absolute Gasteiger partial charge is 0.485 e. The first kappa shape index (κ1) is 19.2. The molecule has 1 aromatic carbocycles. The Bertz CT molecular complexity index is 943. The Labute approximate surface area is 151 Å². The number of aliphatic hydroxyl groups excluding tert-OH is 1. The van der Waals surface area contributed by atoms with Crippen molar-refractivity contribution >= 4 is 21.9 Å². The molecule has 0 aromatic heterocycles. The molecule has 0 unspecified atom stereocenters. The lowest BCUT2D eigenvalue weighted by Crippen LogP contribution is -2.49. The molecule has 0 saturated heterocycles. The zero-order valence-corrected chi connectivity index (χ0v) is 14.8. The summed E-state index contributed by atoms with van der Waals surface area (Å²) in [6, 6.07) is 2.11. The average molecular weight is 408 g/mol. The fourth-order valence-corrected chi connectivity index (χ4v) is 3.48. The molecule has 2 atom stereocenters. The van der Waals surface area contributed by atoms with Crippen LogP contribution in [0, 0.1) is 0 Å². The third-order valence-corrected chi connectivity index (χ3v) is 4.76. The highest BCUT2D eigenvalue weighted by Gasteiger charge is 2.44. The molecule has 0 spiro atoms. The monoisotopic (exact) mass is 408 g/mol. The third-order valence-electron chi connectivity index (χ3n) is 3.87. The van der Waals surface area contributed by atoms with Gasteiger partial charge in [0.05, 0.1) is 0 Å². The van der Waals surface area contributed by atoms with Gasteiger partial charge in [0, 0.05) is 5.56 Å². The third kappa shape index (κ3) is 3.93. The van der Waals surface area contributed by atoms with Crippen LogP contribution in [0.2, 0.25) is 0 Å². The summed E-state index contributed by atoms with van der Waals surface area (Å²) < 4.78 is 75.1. The molecule has 148 valence electrons. The van der Waals surface area contributed by atoms with Crippen LogP contribution in [0.1, 0.15) is 25.5 Å². The second-order valence-corrected chi connectivity index (χ2v) is 7.71. The van der Waals surface area contributed by atoms with E-state index in [0.717, 1.165) is 12.1 Å². The number of alkyl halides is 3. The van der Waals surface area contributed by atoms with E-state index in [1.807, 2.05) is 4.72 Å². The molecule has 13 heteroatoms. The van der Waals surface area contributed by atoms with Gasteiger partial charge in [-0.3, -0.25) is 4.99 Å². The fourth-order valence-electron chi connectivity index (χ4n) is 2.68. The van der Waals surface area contributed by atoms with Crippen LogP contribution in [0.5, 0.6) is 11.5 Å². The Hall–Kier alpha value is -2.54. The quantitative estimate of drug-likeness (QED) is 0.661. The van der Waals surface area contributed by atoms with Crippen LogP contribution in [0.15, 0.2) is 27.6 Å². The van der Waals surface area contributed by atoms with Crippen LogP contribution >= 0.6 is 0 Å². The first-order chi connectivity index (χ1) is 12.3. The van der Waals surface area contributed by atoms with Crippen LogP contribution in [0.3, 0.4) is 0 Å². The maximum Gasteiger partial charge on any atom is 0.573 e. The largest absolute Gasteiger partial charge is 0.573 e. The van der Waals surface area contributed by atoms with Gasteiger partial charge in [-0.15, -0.1) is 17.6 Å². The Morgan fingerprint density at radius 3 is 2.63 bits per heavy atom. The molecule has 0 amide bonds. The molecule has 0 aliphatic carbocycles. The summed E-state index contributed by atoms with van der Waals surface area (Å²) in [5.74, 6) is -1.15. The van der Waals surface area contributed by atoms with E-state index in [9.17, 15) is 26.7 Å². The van der Waals surface area contributed by atoms with Crippen LogP contribution in [-0.2, 0) is 10.2 Å². The number of nitrogens with two attached hydrogens (primary N) is 1. The van der Waals surface area contributed by atoms with Crippen molar-refractivity contribution in [2.24, 2.45) is 15.1 Å². The zero-order valence-electron chi connectivity index (χ0n) is 14.0. The number of benzene rings is 1. The Kier molecular flexibility index (Phi) is 4.26. The van der Waals surface area contributed by atoms with Crippen molar-refractivity contribution in [3.63, 3.8) is 0 Å². The number of hydrogen-bond acceptors (Lipinski definition) is 7. The number of halogens is 3. The highest BCUT2D eigenvalue weighted by Crippen LogP contribution is 2.44.